The van der Waals surface area contributed by atoms with Crippen LogP contribution in [0.4, 0.5) is 0 Å². The third kappa shape index (κ3) is 7.53. The van der Waals surface area contributed by atoms with Gasteiger partial charge in [-0.25, -0.2) is 0 Å². The van der Waals surface area contributed by atoms with Crippen LogP contribution >= 0.6 is 0 Å². The third-order valence-corrected chi connectivity index (χ3v) is 3.48. The molecule has 1 atom stereocenters. The molecule has 9 heteroatoms. The molecule has 0 bridgehead atoms. The Labute approximate surface area is 145 Å². The summed E-state index contributed by atoms with van der Waals surface area (Å²) in [6.45, 7) is 3.76. The van der Waals surface area contributed by atoms with Crippen LogP contribution in [-0.2, 0) is 10.3 Å². The molecular formula is C8H19KN3O4S+. The first-order valence-corrected chi connectivity index (χ1v) is 6.59. The molecule has 7 nitrogen and oxygen atoms in total. The molecule has 1 fully saturated rings. The summed E-state index contributed by atoms with van der Waals surface area (Å²) in [5, 5.41) is 12.8. The predicted octanol–water partition coefficient (Wildman–Crippen LogP) is -5.01. The van der Waals surface area contributed by atoms with E-state index >= 15 is 0 Å². The molecule has 0 aromatic rings. The van der Waals surface area contributed by atoms with E-state index in [1.165, 1.54) is 7.05 Å². The molecule has 0 aliphatic carbocycles. The van der Waals surface area contributed by atoms with Gasteiger partial charge < -0.3 is 10.4 Å². The van der Waals surface area contributed by atoms with Gasteiger partial charge in [0.15, 0.2) is 0 Å². The molecule has 0 spiro atoms. The Bertz CT molecular complexity index is 308. The summed E-state index contributed by atoms with van der Waals surface area (Å²) in [7, 11) is -2.96. The minimum atomic E-state index is -4.20. The quantitative estimate of drug-likeness (QED) is 0.347. The first-order chi connectivity index (χ1) is 7.39. The Hall–Kier alpha value is 1.39. The number of β-amino-alcohol motifs (C(OH)–C–C–N with tert-alkyl or cyclic N) is 1. The minimum absolute atomic E-state index is 0. The van der Waals surface area contributed by atoms with Crippen LogP contribution < -0.4 is 56.7 Å². The maximum atomic E-state index is 10.7. The fraction of sp³-hybridized carbons (Fsp3) is 1.00. The van der Waals surface area contributed by atoms with E-state index in [9.17, 15) is 13.5 Å². The number of rotatable bonds is 5. The number of hydrogen-bond acceptors (Lipinski definition) is 5. The van der Waals surface area contributed by atoms with Crippen molar-refractivity contribution in [1.82, 2.24) is 14.5 Å². The molecule has 0 amide bonds. The number of aliphatic hydroxyl groups excluding tert-OH is 1. The Balaban J connectivity index is 0.00000256. The first-order valence-electron chi connectivity index (χ1n) is 5.19. The van der Waals surface area contributed by atoms with Crippen LogP contribution in [0.5, 0.6) is 0 Å². The zero-order valence-electron chi connectivity index (χ0n) is 10.3. The number of hydrogen-bond donors (Lipinski definition) is 3. The summed E-state index contributed by atoms with van der Waals surface area (Å²) in [4.78, 5) is 2.05. The number of nitrogens with one attached hydrogen (secondary N) is 1. The fourth-order valence-corrected chi connectivity index (χ4v) is 2.00. The maximum Gasteiger partial charge on any atom is 1.00 e. The van der Waals surface area contributed by atoms with Gasteiger partial charge in [-0.1, -0.05) is 0 Å². The maximum absolute atomic E-state index is 10.7. The van der Waals surface area contributed by atoms with E-state index in [-0.39, 0.29) is 57.9 Å². The zero-order valence-corrected chi connectivity index (χ0v) is 14.3. The van der Waals surface area contributed by atoms with Crippen LogP contribution in [0.25, 0.3) is 0 Å². The van der Waals surface area contributed by atoms with E-state index < -0.39 is 16.4 Å². The van der Waals surface area contributed by atoms with Crippen molar-refractivity contribution in [2.75, 3.05) is 46.3 Å². The molecule has 0 saturated carbocycles. The Morgan fingerprint density at radius 3 is 2.41 bits per heavy atom. The molecule has 0 radical (unpaired) electrons. The summed E-state index contributed by atoms with van der Waals surface area (Å²) in [6, 6.07) is 0. The Morgan fingerprint density at radius 2 is 1.94 bits per heavy atom. The van der Waals surface area contributed by atoms with Gasteiger partial charge in [0.2, 0.25) is 0 Å². The number of piperazine rings is 1. The van der Waals surface area contributed by atoms with Gasteiger partial charge in [0, 0.05) is 46.3 Å². The van der Waals surface area contributed by atoms with Crippen molar-refractivity contribution < 1.29 is 69.5 Å². The summed E-state index contributed by atoms with van der Waals surface area (Å²) >= 11 is 0. The van der Waals surface area contributed by atoms with Crippen molar-refractivity contribution in [1.29, 1.82) is 0 Å². The van der Waals surface area contributed by atoms with Crippen LogP contribution in [-0.4, -0.2) is 79.7 Å². The van der Waals surface area contributed by atoms with Crippen LogP contribution in [0.2, 0.25) is 0 Å². The average Bonchev–Trinajstić information content (AvgIpc) is 2.17. The number of likely N-dealkylation sites (N-methyl/N-ethyl adjacent to an activating group) is 1. The van der Waals surface area contributed by atoms with Gasteiger partial charge in [0.05, 0.1) is 6.10 Å². The molecule has 1 aliphatic rings. The molecule has 1 heterocycles. The SMILES string of the molecule is CN(CC(O)CN1CCNCC1)S(=O)(=O)O.[K+]. The first kappa shape index (κ1) is 18.4. The van der Waals surface area contributed by atoms with Gasteiger partial charge in [-0.15, -0.1) is 0 Å². The molecule has 0 aromatic heterocycles. The zero-order chi connectivity index (χ0) is 12.2. The normalized spacial score (nSPS) is 20.0. The molecule has 96 valence electrons. The Kier molecular flexibility index (Phi) is 9.23. The van der Waals surface area contributed by atoms with Gasteiger partial charge >= 0.3 is 61.7 Å². The molecule has 1 unspecified atom stereocenters. The standard InChI is InChI=1S/C8H19N3O4S.K/c1-10(16(13,14)15)6-8(12)7-11-4-2-9-3-5-11;/h8-9,12H,2-7H2,1H3,(H,13,14,15);/q;+1. The number of aliphatic hydroxyl groups is 1. The molecule has 3 N–H and O–H groups in total. The minimum Gasteiger partial charge on any atom is -0.390 e. The Morgan fingerprint density at radius 1 is 1.41 bits per heavy atom. The van der Waals surface area contributed by atoms with E-state index in [1.807, 2.05) is 0 Å². The van der Waals surface area contributed by atoms with E-state index in [2.05, 4.69) is 10.2 Å². The smallest absolute Gasteiger partial charge is 0.390 e. The van der Waals surface area contributed by atoms with Crippen molar-refractivity contribution in [3.63, 3.8) is 0 Å². The van der Waals surface area contributed by atoms with Crippen LogP contribution in [0.3, 0.4) is 0 Å². The van der Waals surface area contributed by atoms with Gasteiger partial charge in [0.25, 0.3) is 0 Å². The van der Waals surface area contributed by atoms with Crippen molar-refractivity contribution in [3.8, 4) is 0 Å². The van der Waals surface area contributed by atoms with Crippen LogP contribution in [0.15, 0.2) is 0 Å². The predicted molar refractivity (Wildman–Crippen MR) is 59.5 cm³/mol. The summed E-state index contributed by atoms with van der Waals surface area (Å²) in [5.74, 6) is 0. The van der Waals surface area contributed by atoms with Crippen LogP contribution in [0, 0.1) is 0 Å². The average molecular weight is 292 g/mol. The molecule has 17 heavy (non-hydrogen) atoms. The van der Waals surface area contributed by atoms with Crippen molar-refractivity contribution in [3.05, 3.63) is 0 Å². The number of nitrogens with zero attached hydrogens (tertiary/aromatic N) is 2. The van der Waals surface area contributed by atoms with E-state index in [4.69, 9.17) is 4.55 Å². The van der Waals surface area contributed by atoms with Gasteiger partial charge in [0.1, 0.15) is 0 Å². The van der Waals surface area contributed by atoms with Gasteiger partial charge in [-0.2, -0.15) is 12.7 Å². The van der Waals surface area contributed by atoms with Gasteiger partial charge in [-0.05, 0) is 0 Å². The van der Waals surface area contributed by atoms with Gasteiger partial charge in [-0.3, -0.25) is 9.45 Å². The molecule has 1 saturated heterocycles. The monoisotopic (exact) mass is 292 g/mol. The van der Waals surface area contributed by atoms with E-state index in [0.717, 1.165) is 30.5 Å². The molecule has 0 aromatic carbocycles. The molecular weight excluding hydrogens is 273 g/mol. The second kappa shape index (κ2) is 8.54. The van der Waals surface area contributed by atoms with E-state index in [0.29, 0.717) is 6.54 Å². The molecule has 1 rings (SSSR count). The van der Waals surface area contributed by atoms with E-state index in [1.54, 1.807) is 0 Å². The van der Waals surface area contributed by atoms with Crippen molar-refractivity contribution >= 4 is 10.3 Å². The third-order valence-electron chi connectivity index (χ3n) is 2.54. The van der Waals surface area contributed by atoms with Crippen molar-refractivity contribution in [2.45, 2.75) is 6.10 Å². The van der Waals surface area contributed by atoms with Crippen LogP contribution in [0.1, 0.15) is 0 Å². The summed E-state index contributed by atoms with van der Waals surface area (Å²) < 4.78 is 30.9. The summed E-state index contributed by atoms with van der Waals surface area (Å²) in [5.41, 5.74) is 0. The van der Waals surface area contributed by atoms with Crippen molar-refractivity contribution in [2.24, 2.45) is 0 Å². The topological polar surface area (TPSA) is 93.1 Å². The second-order valence-electron chi connectivity index (χ2n) is 3.96. The fourth-order valence-electron chi connectivity index (χ4n) is 1.64. The summed E-state index contributed by atoms with van der Waals surface area (Å²) in [6.07, 6.45) is -0.787. The molecule has 1 aliphatic heterocycles. The largest absolute Gasteiger partial charge is 1.00 e. The second-order valence-corrected chi connectivity index (χ2v) is 5.48.